The van der Waals surface area contributed by atoms with Crippen LogP contribution in [0, 0.1) is 5.92 Å². The van der Waals surface area contributed by atoms with Gasteiger partial charge < -0.3 is 10.1 Å². The Balaban J connectivity index is 2.50. The van der Waals surface area contributed by atoms with E-state index in [1.807, 2.05) is 12.1 Å². The summed E-state index contributed by atoms with van der Waals surface area (Å²) in [5.41, 5.74) is 1.28. The van der Waals surface area contributed by atoms with Crippen LogP contribution in [0.2, 0.25) is 0 Å². The molecule has 0 spiro atoms. The molecule has 0 aliphatic rings. The highest BCUT2D eigenvalue weighted by Gasteiger charge is 2.10. The molecule has 1 rings (SSSR count). The lowest BCUT2D eigenvalue weighted by atomic mass is 10.0. The summed E-state index contributed by atoms with van der Waals surface area (Å²) in [4.78, 5) is 0. The molecule has 2 atom stereocenters. The molecule has 0 aliphatic carbocycles. The number of ether oxygens (including phenoxy) is 1. The summed E-state index contributed by atoms with van der Waals surface area (Å²) in [5, 5.41) is 3.65. The van der Waals surface area contributed by atoms with Gasteiger partial charge in [-0.3, -0.25) is 0 Å². The molecule has 0 aliphatic heterocycles. The van der Waals surface area contributed by atoms with E-state index in [0.717, 1.165) is 11.7 Å². The second kappa shape index (κ2) is 7.42. The van der Waals surface area contributed by atoms with Gasteiger partial charge in [0.15, 0.2) is 0 Å². The minimum absolute atomic E-state index is 0.363. The highest BCUT2D eigenvalue weighted by molar-refractivity contribution is 5.30. The zero-order valence-corrected chi connectivity index (χ0v) is 12.4. The molecule has 0 fully saturated rings. The van der Waals surface area contributed by atoms with Gasteiger partial charge >= 0.3 is 0 Å². The molecule has 1 unspecified atom stereocenters. The van der Waals surface area contributed by atoms with E-state index in [-0.39, 0.29) is 0 Å². The maximum absolute atomic E-state index is 5.26. The van der Waals surface area contributed by atoms with Crippen molar-refractivity contribution < 1.29 is 4.74 Å². The highest BCUT2D eigenvalue weighted by Crippen LogP contribution is 2.20. The van der Waals surface area contributed by atoms with E-state index in [1.165, 1.54) is 18.4 Å². The van der Waals surface area contributed by atoms with Gasteiger partial charge in [-0.2, -0.15) is 0 Å². The maximum atomic E-state index is 5.26. The van der Waals surface area contributed by atoms with E-state index >= 15 is 0 Å². The first kappa shape index (κ1) is 15.0. The van der Waals surface area contributed by atoms with E-state index in [1.54, 1.807) is 7.11 Å². The Bertz CT molecular complexity index is 349. The fourth-order valence-electron chi connectivity index (χ4n) is 2.10. The molecule has 0 heterocycles. The Labute approximate surface area is 112 Å². The predicted octanol–water partition coefficient (Wildman–Crippen LogP) is 4.17. The van der Waals surface area contributed by atoms with Gasteiger partial charge in [-0.15, -0.1) is 0 Å². The van der Waals surface area contributed by atoms with Gasteiger partial charge in [0.05, 0.1) is 7.11 Å². The number of nitrogens with one attached hydrogen (secondary N) is 1. The van der Waals surface area contributed by atoms with Crippen LogP contribution in [0.4, 0.5) is 0 Å². The van der Waals surface area contributed by atoms with Crippen molar-refractivity contribution in [2.75, 3.05) is 7.11 Å². The molecule has 1 N–H and O–H groups in total. The van der Waals surface area contributed by atoms with E-state index in [9.17, 15) is 0 Å². The fraction of sp³-hybridized carbons (Fsp3) is 0.625. The summed E-state index contributed by atoms with van der Waals surface area (Å²) in [6.45, 7) is 9.02. The molecule has 0 bridgehead atoms. The summed E-state index contributed by atoms with van der Waals surface area (Å²) in [7, 11) is 1.71. The normalized spacial score (nSPS) is 14.6. The summed E-state index contributed by atoms with van der Waals surface area (Å²) in [6.07, 6.45) is 2.50. The minimum atomic E-state index is 0.363. The topological polar surface area (TPSA) is 21.3 Å². The van der Waals surface area contributed by atoms with Gasteiger partial charge in [0, 0.05) is 12.1 Å². The molecule has 0 radical (unpaired) electrons. The lowest BCUT2D eigenvalue weighted by Crippen LogP contribution is -2.29. The average Bonchev–Trinajstić information content (AvgIpc) is 2.36. The van der Waals surface area contributed by atoms with Crippen molar-refractivity contribution in [1.29, 1.82) is 0 Å². The lowest BCUT2D eigenvalue weighted by molar-refractivity contribution is 0.406. The minimum Gasteiger partial charge on any atom is -0.497 e. The number of benzene rings is 1. The zero-order chi connectivity index (χ0) is 13.5. The average molecular weight is 249 g/mol. The van der Waals surface area contributed by atoms with E-state index in [0.29, 0.717) is 12.1 Å². The lowest BCUT2D eigenvalue weighted by Gasteiger charge is -2.21. The first-order chi connectivity index (χ1) is 8.52. The number of hydrogen-bond donors (Lipinski definition) is 1. The van der Waals surface area contributed by atoms with E-state index < -0.39 is 0 Å². The Kier molecular flexibility index (Phi) is 6.20. The first-order valence-electron chi connectivity index (χ1n) is 6.93. The molecule has 2 heteroatoms. The van der Waals surface area contributed by atoms with Crippen molar-refractivity contribution in [2.24, 2.45) is 5.92 Å². The van der Waals surface area contributed by atoms with Crippen molar-refractivity contribution in [3.05, 3.63) is 29.8 Å². The van der Waals surface area contributed by atoms with Crippen LogP contribution in [0.15, 0.2) is 24.3 Å². The smallest absolute Gasteiger partial charge is 0.119 e. The molecular weight excluding hydrogens is 222 g/mol. The van der Waals surface area contributed by atoms with E-state index in [2.05, 4.69) is 45.1 Å². The molecule has 1 aromatic rings. The third-order valence-corrected chi connectivity index (χ3v) is 3.31. The molecule has 0 saturated heterocycles. The third kappa shape index (κ3) is 5.09. The molecule has 2 nitrogen and oxygen atoms in total. The second-order valence-electron chi connectivity index (χ2n) is 5.54. The molecule has 1 aromatic carbocycles. The standard InChI is InChI=1S/C16H27NO/c1-12(2)9-10-13(3)17-14(4)15-7-6-8-16(11-15)18-5/h6-8,11-14,17H,9-10H2,1-5H3/t13?,14-/m1/s1. The third-order valence-electron chi connectivity index (χ3n) is 3.31. The summed E-state index contributed by atoms with van der Waals surface area (Å²) < 4.78 is 5.26. The summed E-state index contributed by atoms with van der Waals surface area (Å²) in [5.74, 6) is 1.71. The Morgan fingerprint density at radius 1 is 1.11 bits per heavy atom. The Morgan fingerprint density at radius 3 is 2.44 bits per heavy atom. The van der Waals surface area contributed by atoms with Crippen molar-refractivity contribution in [2.45, 2.75) is 52.6 Å². The molecule has 0 amide bonds. The maximum Gasteiger partial charge on any atom is 0.119 e. The molecule has 102 valence electrons. The van der Waals surface area contributed by atoms with Gasteiger partial charge in [0.2, 0.25) is 0 Å². The van der Waals surface area contributed by atoms with Crippen LogP contribution < -0.4 is 10.1 Å². The van der Waals surface area contributed by atoms with Gasteiger partial charge in [0.25, 0.3) is 0 Å². The van der Waals surface area contributed by atoms with Crippen LogP contribution in [0.3, 0.4) is 0 Å². The molecule has 18 heavy (non-hydrogen) atoms. The molecular formula is C16H27NO. The highest BCUT2D eigenvalue weighted by atomic mass is 16.5. The van der Waals surface area contributed by atoms with Gasteiger partial charge in [-0.25, -0.2) is 0 Å². The predicted molar refractivity (Wildman–Crippen MR) is 78.1 cm³/mol. The Morgan fingerprint density at radius 2 is 1.83 bits per heavy atom. The number of methoxy groups -OCH3 is 1. The zero-order valence-electron chi connectivity index (χ0n) is 12.4. The van der Waals surface area contributed by atoms with Crippen LogP contribution >= 0.6 is 0 Å². The van der Waals surface area contributed by atoms with Crippen LogP contribution in [-0.4, -0.2) is 13.2 Å². The SMILES string of the molecule is COc1cccc([C@@H](C)NC(C)CCC(C)C)c1. The van der Waals surface area contributed by atoms with Crippen LogP contribution in [0.25, 0.3) is 0 Å². The number of rotatable bonds is 7. The van der Waals surface area contributed by atoms with E-state index in [4.69, 9.17) is 4.74 Å². The van der Waals surface area contributed by atoms with Gasteiger partial charge in [0.1, 0.15) is 5.75 Å². The monoisotopic (exact) mass is 249 g/mol. The number of hydrogen-bond acceptors (Lipinski definition) is 2. The fourth-order valence-corrected chi connectivity index (χ4v) is 2.10. The largest absolute Gasteiger partial charge is 0.497 e. The van der Waals surface area contributed by atoms with Crippen LogP contribution in [0.5, 0.6) is 5.75 Å². The van der Waals surface area contributed by atoms with Crippen molar-refractivity contribution in [1.82, 2.24) is 5.32 Å². The van der Waals surface area contributed by atoms with Gasteiger partial charge in [-0.1, -0.05) is 26.0 Å². The van der Waals surface area contributed by atoms with Crippen molar-refractivity contribution in [3.63, 3.8) is 0 Å². The molecule has 0 saturated carbocycles. The van der Waals surface area contributed by atoms with Crippen LogP contribution in [-0.2, 0) is 0 Å². The van der Waals surface area contributed by atoms with Gasteiger partial charge in [-0.05, 0) is 50.3 Å². The second-order valence-corrected chi connectivity index (χ2v) is 5.54. The summed E-state index contributed by atoms with van der Waals surface area (Å²) in [6, 6.07) is 9.20. The summed E-state index contributed by atoms with van der Waals surface area (Å²) >= 11 is 0. The first-order valence-corrected chi connectivity index (χ1v) is 6.93. The molecule has 0 aromatic heterocycles. The van der Waals surface area contributed by atoms with Crippen LogP contribution in [0.1, 0.15) is 52.1 Å². The Hall–Kier alpha value is -1.02. The van der Waals surface area contributed by atoms with Crippen molar-refractivity contribution in [3.8, 4) is 5.75 Å². The van der Waals surface area contributed by atoms with Crippen molar-refractivity contribution >= 4 is 0 Å². The quantitative estimate of drug-likeness (QED) is 0.783.